The highest BCUT2D eigenvalue weighted by Gasteiger charge is 2.26. The summed E-state index contributed by atoms with van der Waals surface area (Å²) in [6, 6.07) is 0.364. The van der Waals surface area contributed by atoms with E-state index in [0.717, 1.165) is 39.2 Å². The lowest BCUT2D eigenvalue weighted by molar-refractivity contribution is -0.0334. The minimum atomic E-state index is -0.0622. The molecule has 2 atom stereocenters. The van der Waals surface area contributed by atoms with Crippen molar-refractivity contribution in [1.82, 2.24) is 20.4 Å². The predicted molar refractivity (Wildman–Crippen MR) is 81.1 cm³/mol. The molecule has 0 saturated carbocycles. The third-order valence-electron chi connectivity index (χ3n) is 4.04. The van der Waals surface area contributed by atoms with Crippen LogP contribution in [0.4, 0.5) is 0 Å². The van der Waals surface area contributed by atoms with Crippen molar-refractivity contribution >= 4 is 0 Å². The van der Waals surface area contributed by atoms with Gasteiger partial charge in [-0.1, -0.05) is 32.9 Å². The van der Waals surface area contributed by atoms with Crippen LogP contribution < -0.4 is 5.32 Å². The van der Waals surface area contributed by atoms with Gasteiger partial charge in [0, 0.05) is 25.6 Å². The topological polar surface area (TPSA) is 63.4 Å². The second-order valence-corrected chi connectivity index (χ2v) is 5.91. The fourth-order valence-electron chi connectivity index (χ4n) is 2.62. The van der Waals surface area contributed by atoms with Crippen LogP contribution in [0.1, 0.15) is 45.5 Å². The smallest absolute Gasteiger partial charge is 0.228 e. The van der Waals surface area contributed by atoms with Crippen molar-refractivity contribution in [2.24, 2.45) is 5.92 Å². The van der Waals surface area contributed by atoms with Crippen LogP contribution in [0.25, 0.3) is 0 Å². The average Bonchev–Trinajstić information content (AvgIpc) is 2.95. The van der Waals surface area contributed by atoms with Crippen molar-refractivity contribution in [3.05, 3.63) is 11.7 Å². The molecule has 2 heterocycles. The first-order chi connectivity index (χ1) is 10.1. The van der Waals surface area contributed by atoms with Crippen molar-refractivity contribution in [3.8, 4) is 0 Å². The number of ether oxygens (including phenoxy) is 1. The van der Waals surface area contributed by atoms with Gasteiger partial charge in [-0.3, -0.25) is 4.90 Å². The number of rotatable bonds is 7. The summed E-state index contributed by atoms with van der Waals surface area (Å²) < 4.78 is 11.2. The molecule has 2 unspecified atom stereocenters. The SMILES string of the molecule is CCNC(Cc1nc(C2CN(CC)CCO2)no1)C(C)C. The van der Waals surface area contributed by atoms with Gasteiger partial charge in [0.1, 0.15) is 6.10 Å². The van der Waals surface area contributed by atoms with E-state index in [4.69, 9.17) is 9.26 Å². The van der Waals surface area contributed by atoms with Gasteiger partial charge < -0.3 is 14.6 Å². The highest BCUT2D eigenvalue weighted by molar-refractivity contribution is 4.96. The van der Waals surface area contributed by atoms with Crippen molar-refractivity contribution < 1.29 is 9.26 Å². The average molecular weight is 296 g/mol. The zero-order valence-electron chi connectivity index (χ0n) is 13.6. The van der Waals surface area contributed by atoms with E-state index in [0.29, 0.717) is 23.7 Å². The van der Waals surface area contributed by atoms with Gasteiger partial charge in [-0.15, -0.1) is 0 Å². The lowest BCUT2D eigenvalue weighted by Gasteiger charge is -2.30. The van der Waals surface area contributed by atoms with Crippen LogP contribution in [0.5, 0.6) is 0 Å². The Kier molecular flexibility index (Phi) is 6.14. The van der Waals surface area contributed by atoms with Gasteiger partial charge in [-0.25, -0.2) is 0 Å². The summed E-state index contributed by atoms with van der Waals surface area (Å²) in [4.78, 5) is 6.88. The molecule has 120 valence electrons. The van der Waals surface area contributed by atoms with Crippen molar-refractivity contribution in [2.45, 2.75) is 46.3 Å². The van der Waals surface area contributed by atoms with E-state index >= 15 is 0 Å². The first-order valence-corrected chi connectivity index (χ1v) is 8.03. The third kappa shape index (κ3) is 4.49. The van der Waals surface area contributed by atoms with Crippen LogP contribution in [-0.2, 0) is 11.2 Å². The molecular weight excluding hydrogens is 268 g/mol. The molecular formula is C15H28N4O2. The van der Waals surface area contributed by atoms with Crippen LogP contribution in [0.3, 0.4) is 0 Å². The Morgan fingerprint density at radius 2 is 2.19 bits per heavy atom. The normalized spacial score (nSPS) is 21.9. The molecule has 21 heavy (non-hydrogen) atoms. The number of nitrogens with zero attached hydrogens (tertiary/aromatic N) is 3. The molecule has 1 saturated heterocycles. The number of aromatic nitrogens is 2. The quantitative estimate of drug-likeness (QED) is 0.825. The summed E-state index contributed by atoms with van der Waals surface area (Å²) in [5.74, 6) is 1.91. The fourth-order valence-corrected chi connectivity index (χ4v) is 2.62. The van der Waals surface area contributed by atoms with E-state index in [2.05, 4.69) is 48.1 Å². The van der Waals surface area contributed by atoms with Gasteiger partial charge in [0.05, 0.1) is 6.61 Å². The molecule has 0 radical (unpaired) electrons. The molecule has 2 rings (SSSR count). The van der Waals surface area contributed by atoms with Crippen LogP contribution in [0.2, 0.25) is 0 Å². The summed E-state index contributed by atoms with van der Waals surface area (Å²) in [6.07, 6.45) is 0.704. The van der Waals surface area contributed by atoms with Crippen molar-refractivity contribution in [3.63, 3.8) is 0 Å². The Balaban J connectivity index is 1.97. The number of nitrogens with one attached hydrogen (secondary N) is 1. The van der Waals surface area contributed by atoms with Gasteiger partial charge >= 0.3 is 0 Å². The van der Waals surface area contributed by atoms with Crippen LogP contribution in [-0.4, -0.2) is 53.9 Å². The van der Waals surface area contributed by atoms with Gasteiger partial charge in [0.25, 0.3) is 0 Å². The third-order valence-corrected chi connectivity index (χ3v) is 4.04. The maximum absolute atomic E-state index is 5.77. The summed E-state index contributed by atoms with van der Waals surface area (Å²) >= 11 is 0. The van der Waals surface area contributed by atoms with Crippen LogP contribution in [0.15, 0.2) is 4.52 Å². The van der Waals surface area contributed by atoms with E-state index in [9.17, 15) is 0 Å². The Labute approximate surface area is 127 Å². The van der Waals surface area contributed by atoms with E-state index < -0.39 is 0 Å². The maximum Gasteiger partial charge on any atom is 0.228 e. The number of hydrogen-bond donors (Lipinski definition) is 1. The summed E-state index contributed by atoms with van der Waals surface area (Å²) in [5.41, 5.74) is 0. The van der Waals surface area contributed by atoms with Crippen molar-refractivity contribution in [2.75, 3.05) is 32.8 Å². The zero-order chi connectivity index (χ0) is 15.2. The molecule has 0 aromatic carbocycles. The molecule has 6 heteroatoms. The van der Waals surface area contributed by atoms with Gasteiger partial charge in [0.15, 0.2) is 0 Å². The molecule has 0 aliphatic carbocycles. The Bertz CT molecular complexity index is 422. The molecule has 1 aromatic heterocycles. The Hall–Kier alpha value is -0.980. The Morgan fingerprint density at radius 1 is 1.38 bits per heavy atom. The highest BCUT2D eigenvalue weighted by Crippen LogP contribution is 2.20. The molecule has 6 nitrogen and oxygen atoms in total. The number of morpholine rings is 1. The van der Waals surface area contributed by atoms with Crippen LogP contribution in [0, 0.1) is 5.92 Å². The maximum atomic E-state index is 5.77. The minimum Gasteiger partial charge on any atom is -0.367 e. The predicted octanol–water partition coefficient (Wildman–Crippen LogP) is 1.64. The van der Waals surface area contributed by atoms with Crippen molar-refractivity contribution in [1.29, 1.82) is 0 Å². The molecule has 0 bridgehead atoms. The first-order valence-electron chi connectivity index (χ1n) is 8.03. The second kappa shape index (κ2) is 7.87. The standard InChI is InChI=1S/C15H28N4O2/c1-5-16-12(11(3)4)9-14-17-15(18-21-14)13-10-19(6-2)7-8-20-13/h11-13,16H,5-10H2,1-4H3. The number of hydrogen-bond acceptors (Lipinski definition) is 6. The van der Waals surface area contributed by atoms with Gasteiger partial charge in [0.2, 0.25) is 11.7 Å². The van der Waals surface area contributed by atoms with Crippen LogP contribution >= 0.6 is 0 Å². The molecule has 1 fully saturated rings. The molecule has 1 N–H and O–H groups in total. The van der Waals surface area contributed by atoms with E-state index in [1.54, 1.807) is 0 Å². The lowest BCUT2D eigenvalue weighted by atomic mass is 10.0. The first kappa shape index (κ1) is 16.4. The molecule has 0 amide bonds. The fraction of sp³-hybridized carbons (Fsp3) is 0.867. The summed E-state index contributed by atoms with van der Waals surface area (Å²) in [5, 5.41) is 7.58. The molecule has 1 aliphatic rings. The minimum absolute atomic E-state index is 0.0622. The molecule has 1 aromatic rings. The highest BCUT2D eigenvalue weighted by atomic mass is 16.5. The lowest BCUT2D eigenvalue weighted by Crippen LogP contribution is -2.38. The van der Waals surface area contributed by atoms with E-state index in [1.165, 1.54) is 0 Å². The largest absolute Gasteiger partial charge is 0.367 e. The zero-order valence-corrected chi connectivity index (χ0v) is 13.6. The van der Waals surface area contributed by atoms with E-state index in [1.807, 2.05) is 0 Å². The summed E-state index contributed by atoms with van der Waals surface area (Å²) in [6.45, 7) is 13.2. The summed E-state index contributed by atoms with van der Waals surface area (Å²) in [7, 11) is 0. The monoisotopic (exact) mass is 296 g/mol. The van der Waals surface area contributed by atoms with Gasteiger partial charge in [-0.05, 0) is 19.0 Å². The number of likely N-dealkylation sites (N-methyl/N-ethyl adjacent to an activating group) is 2. The molecule has 0 spiro atoms. The van der Waals surface area contributed by atoms with Gasteiger partial charge in [-0.2, -0.15) is 4.98 Å². The van der Waals surface area contributed by atoms with E-state index in [-0.39, 0.29) is 6.10 Å². The second-order valence-electron chi connectivity index (χ2n) is 5.91. The molecule has 1 aliphatic heterocycles. The Morgan fingerprint density at radius 3 is 2.86 bits per heavy atom.